The van der Waals surface area contributed by atoms with Crippen molar-refractivity contribution < 1.29 is 14.7 Å². The van der Waals surface area contributed by atoms with Crippen molar-refractivity contribution in [3.63, 3.8) is 0 Å². The number of carbonyl (C=O) groups excluding carboxylic acids is 1. The van der Waals surface area contributed by atoms with Crippen LogP contribution in [0.25, 0.3) is 0 Å². The van der Waals surface area contributed by atoms with E-state index in [4.69, 9.17) is 28.3 Å². The van der Waals surface area contributed by atoms with Gasteiger partial charge in [-0.3, -0.25) is 4.79 Å². The molecule has 1 fully saturated rings. The Morgan fingerprint density at radius 3 is 2.74 bits per heavy atom. The second-order valence-corrected chi connectivity index (χ2v) is 5.34. The summed E-state index contributed by atoms with van der Waals surface area (Å²) in [6.07, 6.45) is 1.33. The predicted octanol–water partition coefficient (Wildman–Crippen LogP) is 2.61. The molecule has 0 radical (unpaired) electrons. The van der Waals surface area contributed by atoms with Gasteiger partial charge in [0.15, 0.2) is 0 Å². The van der Waals surface area contributed by atoms with Crippen molar-refractivity contribution in [3.8, 4) is 0 Å². The maximum atomic E-state index is 12.1. The summed E-state index contributed by atoms with van der Waals surface area (Å²) in [6.45, 7) is 0.487. The number of halogens is 2. The lowest BCUT2D eigenvalue weighted by Gasteiger charge is -2.21. The third-order valence-corrected chi connectivity index (χ3v) is 3.80. The van der Waals surface area contributed by atoms with Crippen LogP contribution in [0.3, 0.4) is 0 Å². The third kappa shape index (κ3) is 3.19. The van der Waals surface area contributed by atoms with Crippen LogP contribution in [-0.2, 0) is 16.0 Å². The van der Waals surface area contributed by atoms with Crippen LogP contribution in [0.15, 0.2) is 18.2 Å². The number of carboxylic acids is 1. The first-order valence-corrected chi connectivity index (χ1v) is 6.71. The molecule has 1 atom stereocenters. The molecule has 102 valence electrons. The Kier molecular flexibility index (Phi) is 4.32. The summed E-state index contributed by atoms with van der Waals surface area (Å²) in [7, 11) is 0. The van der Waals surface area contributed by atoms with E-state index in [1.54, 1.807) is 18.2 Å². The summed E-state index contributed by atoms with van der Waals surface area (Å²) in [5, 5.41) is 9.98. The molecule has 2 rings (SSSR count). The summed E-state index contributed by atoms with van der Waals surface area (Å²) in [6, 6.07) is 4.21. The Hall–Kier alpha value is -1.26. The van der Waals surface area contributed by atoms with Gasteiger partial charge in [0.2, 0.25) is 5.91 Å². The van der Waals surface area contributed by atoms with Crippen LogP contribution in [-0.4, -0.2) is 34.5 Å². The van der Waals surface area contributed by atoms with Gasteiger partial charge in [0.1, 0.15) is 6.04 Å². The van der Waals surface area contributed by atoms with E-state index in [-0.39, 0.29) is 12.3 Å². The highest BCUT2D eigenvalue weighted by atomic mass is 35.5. The predicted molar refractivity (Wildman–Crippen MR) is 72.5 cm³/mol. The van der Waals surface area contributed by atoms with Gasteiger partial charge in [-0.05, 0) is 30.5 Å². The molecule has 1 aromatic carbocycles. The number of amides is 1. The highest BCUT2D eigenvalue weighted by Gasteiger charge is 2.33. The van der Waals surface area contributed by atoms with Crippen molar-refractivity contribution >= 4 is 35.1 Å². The van der Waals surface area contributed by atoms with Crippen molar-refractivity contribution in [3.05, 3.63) is 33.8 Å². The number of carbonyl (C=O) groups is 2. The van der Waals surface area contributed by atoms with E-state index >= 15 is 0 Å². The normalized spacial score (nSPS) is 18.6. The van der Waals surface area contributed by atoms with Gasteiger partial charge in [0, 0.05) is 16.6 Å². The average molecular weight is 302 g/mol. The summed E-state index contributed by atoms with van der Waals surface area (Å²) in [5.74, 6) is -1.16. The van der Waals surface area contributed by atoms with Crippen LogP contribution in [0, 0.1) is 0 Å². The van der Waals surface area contributed by atoms with Gasteiger partial charge in [-0.25, -0.2) is 4.79 Å². The smallest absolute Gasteiger partial charge is 0.326 e. The molecule has 0 aromatic heterocycles. The maximum Gasteiger partial charge on any atom is 0.326 e. The molecule has 1 saturated heterocycles. The zero-order chi connectivity index (χ0) is 14.0. The molecule has 6 heteroatoms. The van der Waals surface area contributed by atoms with E-state index in [9.17, 15) is 9.59 Å². The molecule has 0 spiro atoms. The molecule has 1 N–H and O–H groups in total. The zero-order valence-corrected chi connectivity index (χ0v) is 11.6. The van der Waals surface area contributed by atoms with E-state index in [1.807, 2.05) is 0 Å². The number of likely N-dealkylation sites (tertiary alicyclic amines) is 1. The summed E-state index contributed by atoms with van der Waals surface area (Å²) >= 11 is 11.8. The molecule has 1 aliphatic heterocycles. The van der Waals surface area contributed by atoms with Gasteiger partial charge < -0.3 is 10.0 Å². The molecule has 1 heterocycles. The highest BCUT2D eigenvalue weighted by molar-refractivity contribution is 6.35. The van der Waals surface area contributed by atoms with Crippen LogP contribution in [0.4, 0.5) is 0 Å². The number of nitrogens with zero attached hydrogens (tertiary/aromatic N) is 1. The molecule has 0 aliphatic carbocycles. The number of hydrogen-bond donors (Lipinski definition) is 1. The van der Waals surface area contributed by atoms with Gasteiger partial charge in [-0.1, -0.05) is 29.3 Å². The molecular weight excluding hydrogens is 289 g/mol. The number of aliphatic carboxylic acids is 1. The Morgan fingerprint density at radius 1 is 1.37 bits per heavy atom. The largest absolute Gasteiger partial charge is 0.480 e. The maximum absolute atomic E-state index is 12.1. The van der Waals surface area contributed by atoms with Crippen molar-refractivity contribution in [2.45, 2.75) is 25.3 Å². The van der Waals surface area contributed by atoms with Crippen molar-refractivity contribution in [2.24, 2.45) is 0 Å². The van der Waals surface area contributed by atoms with Crippen molar-refractivity contribution in [2.75, 3.05) is 6.54 Å². The second-order valence-electron chi connectivity index (χ2n) is 4.50. The quantitative estimate of drug-likeness (QED) is 0.933. The lowest BCUT2D eigenvalue weighted by Crippen LogP contribution is -2.41. The van der Waals surface area contributed by atoms with Crippen LogP contribution in [0.2, 0.25) is 10.0 Å². The first-order valence-electron chi connectivity index (χ1n) is 5.95. The second kappa shape index (κ2) is 5.80. The van der Waals surface area contributed by atoms with Crippen LogP contribution < -0.4 is 0 Å². The molecule has 19 heavy (non-hydrogen) atoms. The minimum atomic E-state index is -0.951. The van der Waals surface area contributed by atoms with E-state index in [1.165, 1.54) is 4.90 Å². The van der Waals surface area contributed by atoms with Crippen molar-refractivity contribution in [1.82, 2.24) is 4.90 Å². The van der Waals surface area contributed by atoms with E-state index < -0.39 is 12.0 Å². The lowest BCUT2D eigenvalue weighted by atomic mass is 10.1. The Bertz CT molecular complexity index is 519. The summed E-state index contributed by atoms with van der Waals surface area (Å²) in [4.78, 5) is 24.6. The lowest BCUT2D eigenvalue weighted by molar-refractivity contribution is -0.148. The Morgan fingerprint density at radius 2 is 2.11 bits per heavy atom. The van der Waals surface area contributed by atoms with Crippen molar-refractivity contribution in [1.29, 1.82) is 0 Å². The molecular formula is C13H13Cl2NO3. The molecule has 1 aliphatic rings. The standard InChI is InChI=1S/C13H13Cl2NO3/c14-9-4-3-8(10(15)7-9)6-12(17)16-5-1-2-11(16)13(18)19/h3-4,7,11H,1-2,5-6H2,(H,18,19)/t11-/m1/s1. The SMILES string of the molecule is O=C(O)[C@H]1CCCN1C(=O)Cc1ccc(Cl)cc1Cl. The molecule has 0 unspecified atom stereocenters. The zero-order valence-electron chi connectivity index (χ0n) is 10.1. The Balaban J connectivity index is 2.10. The summed E-state index contributed by atoms with van der Waals surface area (Å²) in [5.41, 5.74) is 0.659. The highest BCUT2D eigenvalue weighted by Crippen LogP contribution is 2.24. The fraction of sp³-hybridized carbons (Fsp3) is 0.385. The topological polar surface area (TPSA) is 57.6 Å². The Labute approximate surface area is 120 Å². The molecule has 1 aromatic rings. The third-order valence-electron chi connectivity index (χ3n) is 3.21. The van der Waals surface area contributed by atoms with Crippen LogP contribution in [0.5, 0.6) is 0 Å². The average Bonchev–Trinajstić information content (AvgIpc) is 2.82. The van der Waals surface area contributed by atoms with E-state index in [0.717, 1.165) is 6.42 Å². The van der Waals surface area contributed by atoms with Crippen LogP contribution >= 0.6 is 23.2 Å². The first kappa shape index (κ1) is 14.2. The number of benzene rings is 1. The van der Waals surface area contributed by atoms with Gasteiger partial charge in [0.05, 0.1) is 6.42 Å². The number of rotatable bonds is 3. The molecule has 0 saturated carbocycles. The number of carboxylic acid groups (broad SMARTS) is 1. The number of hydrogen-bond acceptors (Lipinski definition) is 2. The fourth-order valence-corrected chi connectivity index (χ4v) is 2.73. The van der Waals surface area contributed by atoms with Gasteiger partial charge in [-0.2, -0.15) is 0 Å². The van der Waals surface area contributed by atoms with Gasteiger partial charge >= 0.3 is 5.97 Å². The van der Waals surface area contributed by atoms with Gasteiger partial charge in [0.25, 0.3) is 0 Å². The fourth-order valence-electron chi connectivity index (χ4n) is 2.25. The van der Waals surface area contributed by atoms with Crippen LogP contribution in [0.1, 0.15) is 18.4 Å². The first-order chi connectivity index (χ1) is 8.99. The molecule has 1 amide bonds. The van der Waals surface area contributed by atoms with Gasteiger partial charge in [-0.15, -0.1) is 0 Å². The minimum Gasteiger partial charge on any atom is -0.480 e. The monoisotopic (exact) mass is 301 g/mol. The molecule has 4 nitrogen and oxygen atoms in total. The van der Waals surface area contributed by atoms with E-state index in [2.05, 4.69) is 0 Å². The summed E-state index contributed by atoms with van der Waals surface area (Å²) < 4.78 is 0. The van der Waals surface area contributed by atoms with E-state index in [0.29, 0.717) is 28.6 Å². The minimum absolute atomic E-state index is 0.0970. The molecule has 0 bridgehead atoms.